The summed E-state index contributed by atoms with van der Waals surface area (Å²) in [5.74, 6) is 0. The third-order valence-electron chi connectivity index (χ3n) is 4.00. The van der Waals surface area contributed by atoms with Gasteiger partial charge in [-0.2, -0.15) is 0 Å². The third kappa shape index (κ3) is 3.56. The van der Waals surface area contributed by atoms with Gasteiger partial charge in [0.05, 0.1) is 11.4 Å². The van der Waals surface area contributed by atoms with Crippen LogP contribution in [0.25, 0.3) is 10.2 Å². The van der Waals surface area contributed by atoms with Crippen molar-refractivity contribution >= 4 is 32.3 Å². The molecule has 0 aliphatic rings. The molecule has 1 heterocycles. The molecule has 0 aliphatic heterocycles. The summed E-state index contributed by atoms with van der Waals surface area (Å²) in [6.07, 6.45) is 3.49. The van der Waals surface area contributed by atoms with Gasteiger partial charge in [-0.25, -0.2) is 9.67 Å². The van der Waals surface area contributed by atoms with Gasteiger partial charge in [0.2, 0.25) is 0 Å². The molecule has 25 heavy (non-hydrogen) atoms. The summed E-state index contributed by atoms with van der Waals surface area (Å²) >= 11 is 3.53. The maximum atomic E-state index is 12.8. The Kier molecular flexibility index (Phi) is 5.14. The predicted octanol–water partition coefficient (Wildman–Crippen LogP) is 4.62. The quantitative estimate of drug-likeness (QED) is 0.593. The van der Waals surface area contributed by atoms with Crippen LogP contribution in [0, 0.1) is 6.92 Å². The number of halogens is 1. The zero-order chi connectivity index (χ0) is 17.8. The Morgan fingerprint density at radius 2 is 1.64 bits per heavy atom. The highest BCUT2D eigenvalue weighted by Crippen LogP contribution is 2.20. The molecule has 0 bridgehead atoms. The smallest absolute Gasteiger partial charge is 0.283 e. The second kappa shape index (κ2) is 7.49. The molecule has 0 radical (unpaired) electrons. The van der Waals surface area contributed by atoms with Gasteiger partial charge in [-0.1, -0.05) is 64.5 Å². The number of hydrogen-bond donors (Lipinski definition) is 0. The van der Waals surface area contributed by atoms with Crippen LogP contribution in [-0.4, -0.2) is 15.6 Å². The van der Waals surface area contributed by atoms with E-state index >= 15 is 0 Å². The fraction of sp³-hybridized carbons (Fsp3) is 0.100. The number of benzene rings is 2. The number of rotatable bonds is 4. The standard InChI is InChI=1S/C20H18BrN3O/c1-15-19(22-14-13-18(21)16-9-5-3-6-10-16)20(25)24(23(15)2)17-11-7-4-8-12-17/h3-14H,1-2H3/b18-13-,22-14?. The molecular weight excluding hydrogens is 378 g/mol. The van der Waals surface area contributed by atoms with Gasteiger partial charge in [-0.3, -0.25) is 9.48 Å². The molecule has 3 aromatic rings. The third-order valence-corrected chi connectivity index (χ3v) is 4.72. The van der Waals surface area contributed by atoms with Crippen molar-refractivity contribution in [3.05, 3.63) is 88.4 Å². The van der Waals surface area contributed by atoms with Crippen LogP contribution >= 0.6 is 15.9 Å². The van der Waals surface area contributed by atoms with E-state index in [-0.39, 0.29) is 5.56 Å². The van der Waals surface area contributed by atoms with E-state index in [9.17, 15) is 4.79 Å². The maximum Gasteiger partial charge on any atom is 0.297 e. The van der Waals surface area contributed by atoms with Gasteiger partial charge >= 0.3 is 0 Å². The van der Waals surface area contributed by atoms with E-state index in [4.69, 9.17) is 0 Å². The average molecular weight is 396 g/mol. The van der Waals surface area contributed by atoms with E-state index in [2.05, 4.69) is 20.9 Å². The van der Waals surface area contributed by atoms with Crippen LogP contribution in [-0.2, 0) is 7.05 Å². The van der Waals surface area contributed by atoms with E-state index < -0.39 is 0 Å². The van der Waals surface area contributed by atoms with Gasteiger partial charge in [0.1, 0.15) is 0 Å². The fourth-order valence-corrected chi connectivity index (χ4v) is 2.96. The number of aromatic nitrogens is 2. The van der Waals surface area contributed by atoms with Crippen molar-refractivity contribution in [1.29, 1.82) is 0 Å². The Morgan fingerprint density at radius 3 is 2.28 bits per heavy atom. The first-order valence-electron chi connectivity index (χ1n) is 7.89. The Hall–Kier alpha value is -2.66. The lowest BCUT2D eigenvalue weighted by Gasteiger charge is -2.07. The first kappa shape index (κ1) is 17.2. The zero-order valence-electron chi connectivity index (χ0n) is 14.1. The zero-order valence-corrected chi connectivity index (χ0v) is 15.6. The van der Waals surface area contributed by atoms with Gasteiger partial charge in [0, 0.05) is 17.7 Å². The van der Waals surface area contributed by atoms with Crippen molar-refractivity contribution < 1.29 is 0 Å². The van der Waals surface area contributed by atoms with Crippen molar-refractivity contribution in [2.75, 3.05) is 0 Å². The van der Waals surface area contributed by atoms with Gasteiger partial charge in [-0.05, 0) is 30.7 Å². The van der Waals surface area contributed by atoms with E-state index in [0.717, 1.165) is 21.4 Å². The Labute approximate surface area is 154 Å². The monoisotopic (exact) mass is 395 g/mol. The van der Waals surface area contributed by atoms with Crippen molar-refractivity contribution in [1.82, 2.24) is 9.36 Å². The number of hydrogen-bond acceptors (Lipinski definition) is 2. The molecule has 0 saturated heterocycles. The van der Waals surface area contributed by atoms with Gasteiger partial charge in [0.25, 0.3) is 5.56 Å². The largest absolute Gasteiger partial charge is 0.297 e. The molecule has 1 aromatic heterocycles. The maximum absolute atomic E-state index is 12.8. The summed E-state index contributed by atoms with van der Waals surface area (Å²) in [5, 5.41) is 0. The van der Waals surface area contributed by atoms with Crippen LogP contribution in [0.2, 0.25) is 0 Å². The highest BCUT2D eigenvalue weighted by molar-refractivity contribution is 9.15. The molecule has 0 unspecified atom stereocenters. The molecule has 126 valence electrons. The van der Waals surface area contributed by atoms with Gasteiger partial charge < -0.3 is 0 Å². The van der Waals surface area contributed by atoms with Crippen LogP contribution in [0.4, 0.5) is 5.69 Å². The summed E-state index contributed by atoms with van der Waals surface area (Å²) in [6, 6.07) is 19.5. The van der Waals surface area contributed by atoms with Crippen LogP contribution in [0.5, 0.6) is 0 Å². The summed E-state index contributed by atoms with van der Waals surface area (Å²) in [7, 11) is 1.86. The summed E-state index contributed by atoms with van der Waals surface area (Å²) in [5.41, 5.74) is 3.00. The molecule has 0 N–H and O–H groups in total. The van der Waals surface area contributed by atoms with Crippen LogP contribution < -0.4 is 5.56 Å². The van der Waals surface area contributed by atoms with Crippen LogP contribution in [0.15, 0.2) is 76.5 Å². The lowest BCUT2D eigenvalue weighted by molar-refractivity contribution is 0.630. The summed E-state index contributed by atoms with van der Waals surface area (Å²) < 4.78 is 4.35. The topological polar surface area (TPSA) is 39.3 Å². The number of aliphatic imine (C=N–C) groups is 1. The highest BCUT2D eigenvalue weighted by atomic mass is 79.9. The first-order chi connectivity index (χ1) is 12.1. The summed E-state index contributed by atoms with van der Waals surface area (Å²) in [6.45, 7) is 1.89. The molecule has 0 fully saturated rings. The minimum atomic E-state index is -0.133. The average Bonchev–Trinajstić information content (AvgIpc) is 2.86. The molecule has 0 spiro atoms. The van der Waals surface area contributed by atoms with E-state index in [1.807, 2.05) is 85.4 Å². The van der Waals surface area contributed by atoms with Crippen molar-refractivity contribution in [3.63, 3.8) is 0 Å². The van der Waals surface area contributed by atoms with Crippen molar-refractivity contribution in [2.24, 2.45) is 12.0 Å². The van der Waals surface area contributed by atoms with Crippen molar-refractivity contribution in [2.45, 2.75) is 6.92 Å². The summed E-state index contributed by atoms with van der Waals surface area (Å²) in [4.78, 5) is 17.1. The number of para-hydroxylation sites is 1. The van der Waals surface area contributed by atoms with Gasteiger partial charge in [0.15, 0.2) is 5.69 Å². The SMILES string of the molecule is Cc1c(N=C/C=C(\Br)c2ccccc2)c(=O)n(-c2ccccc2)n1C. The second-order valence-corrected chi connectivity index (χ2v) is 6.42. The molecule has 4 nitrogen and oxygen atoms in total. The Balaban J connectivity index is 1.95. The van der Waals surface area contributed by atoms with E-state index in [0.29, 0.717) is 5.69 Å². The molecule has 3 rings (SSSR count). The molecule has 0 atom stereocenters. The molecule has 5 heteroatoms. The van der Waals surface area contributed by atoms with Crippen molar-refractivity contribution in [3.8, 4) is 5.69 Å². The lowest BCUT2D eigenvalue weighted by atomic mass is 10.2. The van der Waals surface area contributed by atoms with E-state index in [1.54, 1.807) is 10.9 Å². The number of nitrogens with zero attached hydrogens (tertiary/aromatic N) is 3. The molecule has 0 amide bonds. The Morgan fingerprint density at radius 1 is 1.04 bits per heavy atom. The Bertz CT molecular complexity index is 983. The molecule has 0 saturated carbocycles. The molecular formula is C20H18BrN3O. The van der Waals surface area contributed by atoms with Gasteiger partial charge in [-0.15, -0.1) is 0 Å². The normalized spacial score (nSPS) is 12.0. The lowest BCUT2D eigenvalue weighted by Crippen LogP contribution is -2.19. The first-order valence-corrected chi connectivity index (χ1v) is 8.68. The van der Waals surface area contributed by atoms with Crippen LogP contribution in [0.3, 0.4) is 0 Å². The predicted molar refractivity (Wildman–Crippen MR) is 107 cm³/mol. The fourth-order valence-electron chi connectivity index (χ4n) is 2.57. The minimum Gasteiger partial charge on any atom is -0.283 e. The second-order valence-electron chi connectivity index (χ2n) is 5.57. The highest BCUT2D eigenvalue weighted by Gasteiger charge is 2.14. The van der Waals surface area contributed by atoms with Crippen LogP contribution in [0.1, 0.15) is 11.3 Å². The number of allylic oxidation sites excluding steroid dienone is 1. The minimum absolute atomic E-state index is 0.133. The van der Waals surface area contributed by atoms with E-state index in [1.165, 1.54) is 0 Å². The molecule has 0 aliphatic carbocycles. The molecule has 2 aromatic carbocycles.